The zero-order valence-corrected chi connectivity index (χ0v) is 13.3. The van der Waals surface area contributed by atoms with Crippen molar-refractivity contribution in [3.05, 3.63) is 0 Å². The molecule has 7 nitrogen and oxygen atoms in total. The molecule has 0 aliphatic carbocycles. The highest BCUT2D eigenvalue weighted by atomic mass is 16.5. The van der Waals surface area contributed by atoms with Crippen LogP contribution in [0.1, 0.15) is 20.3 Å². The predicted octanol–water partition coefficient (Wildman–Crippen LogP) is -0.572. The van der Waals surface area contributed by atoms with E-state index in [4.69, 9.17) is 14.6 Å². The molecule has 0 saturated heterocycles. The SMILES string of the molecule is CCC(=O)N(CC(C)=O)C[C@H](COCCOCCO)NC. The van der Waals surface area contributed by atoms with E-state index < -0.39 is 0 Å². The van der Waals surface area contributed by atoms with E-state index in [2.05, 4.69) is 5.32 Å². The molecule has 0 aromatic heterocycles. The van der Waals surface area contributed by atoms with Crippen LogP contribution in [0, 0.1) is 0 Å². The van der Waals surface area contributed by atoms with Crippen LogP contribution >= 0.6 is 0 Å². The van der Waals surface area contributed by atoms with Gasteiger partial charge in [0.15, 0.2) is 0 Å². The number of likely N-dealkylation sites (N-methyl/N-ethyl adjacent to an activating group) is 1. The van der Waals surface area contributed by atoms with Crippen molar-refractivity contribution in [2.24, 2.45) is 0 Å². The second kappa shape index (κ2) is 12.7. The fourth-order valence-electron chi connectivity index (χ4n) is 1.75. The smallest absolute Gasteiger partial charge is 0.222 e. The van der Waals surface area contributed by atoms with Gasteiger partial charge in [0.2, 0.25) is 5.91 Å². The number of ketones is 1. The van der Waals surface area contributed by atoms with Gasteiger partial charge in [0.25, 0.3) is 0 Å². The third-order valence-electron chi connectivity index (χ3n) is 2.84. The van der Waals surface area contributed by atoms with E-state index in [-0.39, 0.29) is 30.9 Å². The molecule has 0 saturated carbocycles. The first-order valence-electron chi connectivity index (χ1n) is 7.25. The number of ether oxygens (including phenoxy) is 2. The summed E-state index contributed by atoms with van der Waals surface area (Å²) in [6, 6.07) is -0.0438. The molecule has 0 radical (unpaired) electrons. The summed E-state index contributed by atoms with van der Waals surface area (Å²) < 4.78 is 10.5. The number of aliphatic hydroxyl groups excluding tert-OH is 1. The molecule has 0 aliphatic rings. The molecule has 21 heavy (non-hydrogen) atoms. The van der Waals surface area contributed by atoms with Crippen molar-refractivity contribution >= 4 is 11.7 Å². The van der Waals surface area contributed by atoms with Crippen LogP contribution in [0.3, 0.4) is 0 Å². The standard InChI is InChI=1S/C14H28N2O5/c1-4-14(19)16(9-12(2)18)10-13(15-3)11-21-8-7-20-6-5-17/h13,15,17H,4-11H2,1-3H3/t13-/m1/s1. The lowest BCUT2D eigenvalue weighted by Gasteiger charge is -2.26. The molecule has 1 amide bonds. The largest absolute Gasteiger partial charge is 0.394 e. The first-order chi connectivity index (χ1) is 10.0. The van der Waals surface area contributed by atoms with Crippen molar-refractivity contribution in [1.29, 1.82) is 0 Å². The Hall–Kier alpha value is -1.02. The Bertz CT molecular complexity index is 299. The maximum Gasteiger partial charge on any atom is 0.222 e. The van der Waals surface area contributed by atoms with Crippen LogP contribution in [0.5, 0.6) is 0 Å². The van der Waals surface area contributed by atoms with Crippen LogP contribution < -0.4 is 5.32 Å². The Kier molecular flexibility index (Phi) is 12.1. The molecule has 0 bridgehead atoms. The summed E-state index contributed by atoms with van der Waals surface area (Å²) in [6.45, 7) is 5.37. The Morgan fingerprint density at radius 2 is 1.90 bits per heavy atom. The van der Waals surface area contributed by atoms with Gasteiger partial charge in [-0.25, -0.2) is 0 Å². The van der Waals surface area contributed by atoms with Gasteiger partial charge in [-0.15, -0.1) is 0 Å². The third kappa shape index (κ3) is 10.4. The summed E-state index contributed by atoms with van der Waals surface area (Å²) >= 11 is 0. The molecule has 0 aliphatic heterocycles. The molecular weight excluding hydrogens is 276 g/mol. The quantitative estimate of drug-likeness (QED) is 0.443. The number of nitrogens with one attached hydrogen (secondary N) is 1. The lowest BCUT2D eigenvalue weighted by Crippen LogP contribution is -2.46. The molecule has 0 heterocycles. The Morgan fingerprint density at radius 3 is 2.43 bits per heavy atom. The van der Waals surface area contributed by atoms with E-state index in [9.17, 15) is 9.59 Å². The number of hydrogen-bond donors (Lipinski definition) is 2. The highest BCUT2D eigenvalue weighted by molar-refractivity contribution is 5.84. The van der Waals surface area contributed by atoms with Crippen LogP contribution in [0.15, 0.2) is 0 Å². The van der Waals surface area contributed by atoms with Gasteiger partial charge >= 0.3 is 0 Å². The van der Waals surface area contributed by atoms with Gasteiger partial charge < -0.3 is 24.8 Å². The highest BCUT2D eigenvalue weighted by Gasteiger charge is 2.18. The van der Waals surface area contributed by atoms with Crippen LogP contribution in [0.4, 0.5) is 0 Å². The number of amides is 1. The number of rotatable bonds is 13. The minimum Gasteiger partial charge on any atom is -0.394 e. The number of carbonyl (C=O) groups is 2. The van der Waals surface area contributed by atoms with Crippen LogP contribution in [0.2, 0.25) is 0 Å². The monoisotopic (exact) mass is 304 g/mol. The zero-order valence-electron chi connectivity index (χ0n) is 13.3. The average Bonchev–Trinajstić information content (AvgIpc) is 2.47. The van der Waals surface area contributed by atoms with Crippen molar-refractivity contribution in [3.63, 3.8) is 0 Å². The van der Waals surface area contributed by atoms with Crippen molar-refractivity contribution < 1.29 is 24.2 Å². The minimum absolute atomic E-state index is 0.00171. The van der Waals surface area contributed by atoms with E-state index in [1.807, 2.05) is 0 Å². The number of hydrogen-bond acceptors (Lipinski definition) is 6. The maximum atomic E-state index is 11.8. The summed E-state index contributed by atoms with van der Waals surface area (Å²) in [4.78, 5) is 24.6. The van der Waals surface area contributed by atoms with Gasteiger partial charge in [-0.3, -0.25) is 9.59 Å². The fourth-order valence-corrected chi connectivity index (χ4v) is 1.75. The number of Topliss-reactive ketones (excluding diaryl/α,β-unsaturated/α-hetero) is 1. The van der Waals surface area contributed by atoms with Crippen LogP contribution in [-0.4, -0.2) is 80.9 Å². The maximum absolute atomic E-state index is 11.8. The molecule has 0 unspecified atom stereocenters. The molecule has 7 heteroatoms. The highest BCUT2D eigenvalue weighted by Crippen LogP contribution is 1.99. The van der Waals surface area contributed by atoms with Crippen molar-refractivity contribution in [3.8, 4) is 0 Å². The van der Waals surface area contributed by atoms with Crippen molar-refractivity contribution in [2.45, 2.75) is 26.3 Å². The number of carbonyl (C=O) groups excluding carboxylic acids is 2. The molecule has 0 fully saturated rings. The minimum atomic E-state index is -0.0447. The van der Waals surface area contributed by atoms with Gasteiger partial charge in [0.05, 0.1) is 39.6 Å². The van der Waals surface area contributed by atoms with Gasteiger partial charge in [-0.2, -0.15) is 0 Å². The van der Waals surface area contributed by atoms with E-state index in [0.29, 0.717) is 39.4 Å². The molecule has 1 atom stereocenters. The van der Waals surface area contributed by atoms with Gasteiger partial charge in [0, 0.05) is 19.0 Å². The average molecular weight is 304 g/mol. The molecule has 0 rings (SSSR count). The first kappa shape index (κ1) is 20.0. The Labute approximate surface area is 126 Å². The Balaban J connectivity index is 4.11. The summed E-state index contributed by atoms with van der Waals surface area (Å²) in [7, 11) is 1.79. The summed E-state index contributed by atoms with van der Waals surface area (Å²) in [6.07, 6.45) is 0.375. The van der Waals surface area contributed by atoms with Gasteiger partial charge in [-0.05, 0) is 14.0 Å². The second-order valence-corrected chi connectivity index (χ2v) is 4.73. The van der Waals surface area contributed by atoms with Gasteiger partial charge in [-0.1, -0.05) is 6.92 Å². The fraction of sp³-hybridized carbons (Fsp3) is 0.857. The van der Waals surface area contributed by atoms with Crippen LogP contribution in [0.25, 0.3) is 0 Å². The number of nitrogens with zero attached hydrogens (tertiary/aromatic N) is 1. The molecule has 2 N–H and O–H groups in total. The number of aliphatic hydroxyl groups is 1. The summed E-state index contributed by atoms with van der Waals surface area (Å²) in [5, 5.41) is 11.6. The van der Waals surface area contributed by atoms with Gasteiger partial charge in [0.1, 0.15) is 5.78 Å². The second-order valence-electron chi connectivity index (χ2n) is 4.73. The first-order valence-corrected chi connectivity index (χ1v) is 7.25. The topological polar surface area (TPSA) is 88.1 Å². The normalized spacial score (nSPS) is 12.2. The van der Waals surface area contributed by atoms with E-state index in [0.717, 1.165) is 0 Å². The third-order valence-corrected chi connectivity index (χ3v) is 2.84. The zero-order chi connectivity index (χ0) is 16.1. The predicted molar refractivity (Wildman–Crippen MR) is 79.1 cm³/mol. The van der Waals surface area contributed by atoms with Crippen molar-refractivity contribution in [2.75, 3.05) is 53.2 Å². The van der Waals surface area contributed by atoms with Crippen LogP contribution in [-0.2, 0) is 19.1 Å². The lowest BCUT2D eigenvalue weighted by atomic mass is 10.2. The Morgan fingerprint density at radius 1 is 1.24 bits per heavy atom. The van der Waals surface area contributed by atoms with Crippen molar-refractivity contribution in [1.82, 2.24) is 10.2 Å². The molecule has 124 valence electrons. The summed E-state index contributed by atoms with van der Waals surface area (Å²) in [5.74, 6) is -0.0818. The molecule has 0 spiro atoms. The van der Waals surface area contributed by atoms with E-state index in [1.54, 1.807) is 18.9 Å². The summed E-state index contributed by atoms with van der Waals surface area (Å²) in [5.41, 5.74) is 0. The molecule has 0 aromatic rings. The van der Waals surface area contributed by atoms with E-state index in [1.165, 1.54) is 6.92 Å². The van der Waals surface area contributed by atoms with E-state index >= 15 is 0 Å². The molecular formula is C14H28N2O5. The molecule has 0 aromatic carbocycles. The lowest BCUT2D eigenvalue weighted by molar-refractivity contribution is -0.135.